The molecule has 2 N–H and O–H groups in total. The number of benzene rings is 1. The van der Waals surface area contributed by atoms with Crippen LogP contribution in [-0.4, -0.2) is 22.1 Å². The third-order valence-corrected chi connectivity index (χ3v) is 3.00. The van der Waals surface area contributed by atoms with Crippen molar-refractivity contribution >= 4 is 17.4 Å². The summed E-state index contributed by atoms with van der Waals surface area (Å²) in [6.07, 6.45) is 1.98. The Bertz CT molecular complexity index is 671. The summed E-state index contributed by atoms with van der Waals surface area (Å²) in [6.45, 7) is 0. The first kappa shape index (κ1) is 13.4. The zero-order chi connectivity index (χ0) is 14.8. The highest BCUT2D eigenvalue weighted by Gasteiger charge is 2.24. The Morgan fingerprint density at radius 3 is 2.57 bits per heavy atom. The van der Waals surface area contributed by atoms with Crippen LogP contribution in [0.3, 0.4) is 0 Å². The Labute approximate surface area is 119 Å². The summed E-state index contributed by atoms with van der Waals surface area (Å²) < 4.78 is 26.3. The largest absolute Gasteiger partial charge is 0.348 e. The van der Waals surface area contributed by atoms with Gasteiger partial charge in [0.15, 0.2) is 11.5 Å². The highest BCUT2D eigenvalue weighted by Crippen LogP contribution is 2.20. The fourth-order valence-electron chi connectivity index (χ4n) is 1.74. The van der Waals surface area contributed by atoms with E-state index < -0.39 is 11.6 Å². The minimum atomic E-state index is -0.729. The van der Waals surface area contributed by atoms with E-state index >= 15 is 0 Å². The second-order valence-electron chi connectivity index (χ2n) is 4.80. The van der Waals surface area contributed by atoms with Gasteiger partial charge in [-0.05, 0) is 37.1 Å². The number of rotatable bonds is 4. The zero-order valence-electron chi connectivity index (χ0n) is 10.9. The quantitative estimate of drug-likeness (QED) is 0.907. The lowest BCUT2D eigenvalue weighted by atomic mass is 10.3. The van der Waals surface area contributed by atoms with E-state index in [1.807, 2.05) is 0 Å². The van der Waals surface area contributed by atoms with Gasteiger partial charge in [0.2, 0.25) is 0 Å². The molecule has 1 heterocycles. The molecule has 21 heavy (non-hydrogen) atoms. The average molecular weight is 290 g/mol. The summed E-state index contributed by atoms with van der Waals surface area (Å²) in [5.41, 5.74) is 0.285. The van der Waals surface area contributed by atoms with Gasteiger partial charge in [0.1, 0.15) is 11.6 Å². The van der Waals surface area contributed by atoms with Crippen LogP contribution in [-0.2, 0) is 0 Å². The van der Waals surface area contributed by atoms with Crippen LogP contribution in [0.15, 0.2) is 30.3 Å². The number of anilines is 2. The van der Waals surface area contributed by atoms with Crippen LogP contribution >= 0.6 is 0 Å². The molecule has 2 aromatic rings. The van der Waals surface area contributed by atoms with Crippen LogP contribution in [0.2, 0.25) is 0 Å². The van der Waals surface area contributed by atoms with E-state index in [4.69, 9.17) is 0 Å². The van der Waals surface area contributed by atoms with Crippen molar-refractivity contribution in [3.63, 3.8) is 0 Å². The Morgan fingerprint density at radius 2 is 1.95 bits per heavy atom. The summed E-state index contributed by atoms with van der Waals surface area (Å²) in [4.78, 5) is 11.7. The fraction of sp³-hybridized carbons (Fsp3) is 0.214. The number of hydrogen-bond donors (Lipinski definition) is 2. The molecule has 0 bridgehead atoms. The maximum atomic E-state index is 13.5. The Morgan fingerprint density at radius 1 is 1.14 bits per heavy atom. The first-order chi connectivity index (χ1) is 10.1. The highest BCUT2D eigenvalue weighted by molar-refractivity contribution is 5.92. The maximum absolute atomic E-state index is 13.5. The minimum absolute atomic E-state index is 0.0841. The van der Waals surface area contributed by atoms with Crippen LogP contribution in [0.1, 0.15) is 23.3 Å². The lowest BCUT2D eigenvalue weighted by molar-refractivity contribution is 0.0945. The SMILES string of the molecule is O=C(NC1CC1)c1ccc(Nc2ccc(F)cc2F)nn1. The van der Waals surface area contributed by atoms with E-state index in [1.54, 1.807) is 0 Å². The van der Waals surface area contributed by atoms with Gasteiger partial charge < -0.3 is 10.6 Å². The second kappa shape index (κ2) is 5.43. The van der Waals surface area contributed by atoms with Crippen molar-refractivity contribution in [1.29, 1.82) is 0 Å². The van der Waals surface area contributed by atoms with Gasteiger partial charge >= 0.3 is 0 Å². The van der Waals surface area contributed by atoms with Crippen molar-refractivity contribution in [1.82, 2.24) is 15.5 Å². The van der Waals surface area contributed by atoms with Crippen molar-refractivity contribution in [3.8, 4) is 0 Å². The predicted octanol–water partition coefficient (Wildman–Crippen LogP) is 2.39. The van der Waals surface area contributed by atoms with E-state index in [0.29, 0.717) is 0 Å². The van der Waals surface area contributed by atoms with Crippen LogP contribution in [0.4, 0.5) is 20.3 Å². The smallest absolute Gasteiger partial charge is 0.272 e. The number of aromatic nitrogens is 2. The Hall–Kier alpha value is -2.57. The lowest BCUT2D eigenvalue weighted by Gasteiger charge is -2.07. The molecule has 0 aliphatic heterocycles. The highest BCUT2D eigenvalue weighted by atomic mass is 19.1. The molecule has 108 valence electrons. The van der Waals surface area contributed by atoms with Crippen molar-refractivity contribution < 1.29 is 13.6 Å². The summed E-state index contributed by atoms with van der Waals surface area (Å²) in [5, 5.41) is 13.0. The molecule has 3 rings (SSSR count). The van der Waals surface area contributed by atoms with Gasteiger partial charge in [0.25, 0.3) is 5.91 Å². The summed E-state index contributed by atoms with van der Waals surface area (Å²) in [5.74, 6) is -1.39. The zero-order valence-corrected chi connectivity index (χ0v) is 10.9. The van der Waals surface area contributed by atoms with Gasteiger partial charge in [-0.25, -0.2) is 8.78 Å². The molecule has 0 atom stereocenters. The average Bonchev–Trinajstić information content (AvgIpc) is 3.26. The van der Waals surface area contributed by atoms with Crippen molar-refractivity contribution in [3.05, 3.63) is 47.7 Å². The van der Waals surface area contributed by atoms with Crippen LogP contribution in [0.25, 0.3) is 0 Å². The van der Waals surface area contributed by atoms with Crippen LogP contribution in [0.5, 0.6) is 0 Å². The van der Waals surface area contributed by atoms with E-state index in [1.165, 1.54) is 18.2 Å². The number of amides is 1. The second-order valence-corrected chi connectivity index (χ2v) is 4.80. The number of carbonyl (C=O) groups excluding carboxylic acids is 1. The minimum Gasteiger partial charge on any atom is -0.348 e. The molecule has 1 aromatic heterocycles. The molecule has 1 fully saturated rings. The lowest BCUT2D eigenvalue weighted by Crippen LogP contribution is -2.26. The normalized spacial score (nSPS) is 13.8. The van der Waals surface area contributed by atoms with Gasteiger partial charge in [-0.3, -0.25) is 4.79 Å². The van der Waals surface area contributed by atoms with Crippen molar-refractivity contribution in [2.24, 2.45) is 0 Å². The van der Waals surface area contributed by atoms with Gasteiger partial charge in [-0.15, -0.1) is 10.2 Å². The maximum Gasteiger partial charge on any atom is 0.272 e. The topological polar surface area (TPSA) is 66.9 Å². The predicted molar refractivity (Wildman–Crippen MR) is 72.2 cm³/mol. The molecule has 1 amide bonds. The number of halogens is 2. The molecule has 1 aliphatic rings. The molecule has 7 heteroatoms. The first-order valence-electron chi connectivity index (χ1n) is 6.48. The van der Waals surface area contributed by atoms with Crippen molar-refractivity contribution in [2.45, 2.75) is 18.9 Å². The molecule has 5 nitrogen and oxygen atoms in total. The van der Waals surface area contributed by atoms with E-state index in [-0.39, 0.29) is 29.1 Å². The van der Waals surface area contributed by atoms with Crippen LogP contribution in [0, 0.1) is 11.6 Å². The summed E-state index contributed by atoms with van der Waals surface area (Å²) in [7, 11) is 0. The number of nitrogens with zero attached hydrogens (tertiary/aromatic N) is 2. The fourth-order valence-corrected chi connectivity index (χ4v) is 1.74. The van der Waals surface area contributed by atoms with E-state index in [2.05, 4.69) is 20.8 Å². The molecule has 0 unspecified atom stereocenters. The molecule has 0 spiro atoms. The van der Waals surface area contributed by atoms with E-state index in [9.17, 15) is 13.6 Å². The molecule has 1 aromatic carbocycles. The molecular weight excluding hydrogens is 278 g/mol. The van der Waals surface area contributed by atoms with Gasteiger partial charge in [0.05, 0.1) is 5.69 Å². The Kier molecular flexibility index (Phi) is 3.47. The van der Waals surface area contributed by atoms with Gasteiger partial charge in [0, 0.05) is 12.1 Å². The molecule has 0 saturated heterocycles. The third kappa shape index (κ3) is 3.31. The standard InChI is InChI=1S/C14H12F2N4O/c15-8-1-4-11(10(16)7-8)18-13-6-5-12(19-20-13)14(21)17-9-2-3-9/h1,4-7,9H,2-3H2,(H,17,21)(H,18,20). The first-order valence-corrected chi connectivity index (χ1v) is 6.48. The number of carbonyl (C=O) groups is 1. The Balaban J connectivity index is 1.70. The van der Waals surface area contributed by atoms with Gasteiger partial charge in [-0.2, -0.15) is 0 Å². The summed E-state index contributed by atoms with van der Waals surface area (Å²) in [6, 6.07) is 6.42. The number of nitrogens with one attached hydrogen (secondary N) is 2. The van der Waals surface area contributed by atoms with Gasteiger partial charge in [-0.1, -0.05) is 0 Å². The van der Waals surface area contributed by atoms with E-state index in [0.717, 1.165) is 25.0 Å². The third-order valence-electron chi connectivity index (χ3n) is 3.00. The van der Waals surface area contributed by atoms with Crippen LogP contribution < -0.4 is 10.6 Å². The summed E-state index contributed by atoms with van der Waals surface area (Å²) >= 11 is 0. The molecule has 1 aliphatic carbocycles. The number of hydrogen-bond acceptors (Lipinski definition) is 4. The molecule has 0 radical (unpaired) electrons. The van der Waals surface area contributed by atoms with Crippen molar-refractivity contribution in [2.75, 3.05) is 5.32 Å². The molecule has 1 saturated carbocycles. The monoisotopic (exact) mass is 290 g/mol. The molecular formula is C14H12F2N4O.